The Hall–Kier alpha value is -1.56. The van der Waals surface area contributed by atoms with Gasteiger partial charge in [0.15, 0.2) is 10.4 Å². The third-order valence-electron chi connectivity index (χ3n) is 1.96. The SMILES string of the molecule is C=CCNC(=O)CN(C)C(=O)c1ccc(Br)o1. The summed E-state index contributed by atoms with van der Waals surface area (Å²) >= 11 is 3.11. The number of furan rings is 1. The van der Waals surface area contributed by atoms with Crippen molar-refractivity contribution in [1.82, 2.24) is 10.2 Å². The van der Waals surface area contributed by atoms with Gasteiger partial charge in [-0.3, -0.25) is 9.59 Å². The number of halogens is 1. The van der Waals surface area contributed by atoms with Crippen LogP contribution in [0.4, 0.5) is 0 Å². The summed E-state index contributed by atoms with van der Waals surface area (Å²) in [6.45, 7) is 3.84. The number of likely N-dealkylation sites (N-methyl/N-ethyl adjacent to an activating group) is 1. The minimum Gasteiger partial charge on any atom is -0.444 e. The van der Waals surface area contributed by atoms with Crippen LogP contribution in [0.3, 0.4) is 0 Å². The Balaban J connectivity index is 2.52. The van der Waals surface area contributed by atoms with Crippen LogP contribution < -0.4 is 5.32 Å². The topological polar surface area (TPSA) is 62.6 Å². The molecule has 17 heavy (non-hydrogen) atoms. The molecule has 0 bridgehead atoms. The lowest BCUT2D eigenvalue weighted by molar-refractivity contribution is -0.121. The lowest BCUT2D eigenvalue weighted by Gasteiger charge is -2.14. The Kier molecular flexibility index (Phi) is 4.96. The molecule has 0 aromatic carbocycles. The molecule has 2 amide bonds. The highest BCUT2D eigenvalue weighted by molar-refractivity contribution is 9.10. The standard InChI is InChI=1S/C11H13BrN2O3/c1-3-6-13-10(15)7-14(2)11(16)8-4-5-9(12)17-8/h3-5H,1,6-7H2,2H3,(H,13,15). The second kappa shape index (κ2) is 6.24. The normalized spacial score (nSPS) is 9.76. The lowest BCUT2D eigenvalue weighted by atomic mass is 10.4. The maximum absolute atomic E-state index is 11.8. The van der Waals surface area contributed by atoms with Gasteiger partial charge in [0.1, 0.15) is 0 Å². The quantitative estimate of drug-likeness (QED) is 0.837. The highest BCUT2D eigenvalue weighted by Gasteiger charge is 2.17. The number of nitrogens with one attached hydrogen (secondary N) is 1. The van der Waals surface area contributed by atoms with Gasteiger partial charge in [-0.15, -0.1) is 6.58 Å². The first kappa shape index (κ1) is 13.5. The maximum atomic E-state index is 11.8. The Bertz CT molecular complexity index is 428. The molecule has 92 valence electrons. The van der Waals surface area contributed by atoms with Crippen LogP contribution in [0.5, 0.6) is 0 Å². The third kappa shape index (κ3) is 4.07. The number of hydrogen-bond acceptors (Lipinski definition) is 3. The van der Waals surface area contributed by atoms with Crippen molar-refractivity contribution in [3.05, 3.63) is 35.2 Å². The minimum absolute atomic E-state index is 0.0228. The van der Waals surface area contributed by atoms with Gasteiger partial charge >= 0.3 is 0 Å². The molecule has 0 aliphatic rings. The largest absolute Gasteiger partial charge is 0.444 e. The molecule has 0 aliphatic heterocycles. The molecule has 6 heteroatoms. The van der Waals surface area contributed by atoms with Crippen molar-refractivity contribution in [2.45, 2.75) is 0 Å². The zero-order chi connectivity index (χ0) is 12.8. The molecule has 1 aromatic rings. The number of carbonyl (C=O) groups excluding carboxylic acids is 2. The monoisotopic (exact) mass is 300 g/mol. The molecule has 0 radical (unpaired) electrons. The van der Waals surface area contributed by atoms with E-state index in [1.54, 1.807) is 18.2 Å². The van der Waals surface area contributed by atoms with Crippen LogP contribution in [0.2, 0.25) is 0 Å². The van der Waals surface area contributed by atoms with Crippen molar-refractivity contribution in [3.63, 3.8) is 0 Å². The highest BCUT2D eigenvalue weighted by Crippen LogP contribution is 2.15. The van der Waals surface area contributed by atoms with Crippen LogP contribution in [0.1, 0.15) is 10.6 Å². The van der Waals surface area contributed by atoms with Gasteiger partial charge in [0.05, 0.1) is 6.54 Å². The average Bonchev–Trinajstić information content (AvgIpc) is 2.72. The van der Waals surface area contributed by atoms with Crippen LogP contribution in [0.15, 0.2) is 33.9 Å². The summed E-state index contributed by atoms with van der Waals surface area (Å²) in [5, 5.41) is 2.58. The number of nitrogens with zero attached hydrogens (tertiary/aromatic N) is 1. The predicted molar refractivity (Wildman–Crippen MR) is 66.6 cm³/mol. The highest BCUT2D eigenvalue weighted by atomic mass is 79.9. The maximum Gasteiger partial charge on any atom is 0.289 e. The average molecular weight is 301 g/mol. The molecule has 5 nitrogen and oxygen atoms in total. The van der Waals surface area contributed by atoms with E-state index in [4.69, 9.17) is 4.42 Å². The lowest BCUT2D eigenvalue weighted by Crippen LogP contribution is -2.38. The van der Waals surface area contributed by atoms with Crippen LogP contribution in [0.25, 0.3) is 0 Å². The van der Waals surface area contributed by atoms with Crippen molar-refractivity contribution >= 4 is 27.7 Å². The Morgan fingerprint density at radius 2 is 2.29 bits per heavy atom. The molecule has 0 aliphatic carbocycles. The van der Waals surface area contributed by atoms with Crippen LogP contribution in [0, 0.1) is 0 Å². The first-order chi connectivity index (χ1) is 8.04. The number of carbonyl (C=O) groups is 2. The van der Waals surface area contributed by atoms with Gasteiger partial charge in [0.25, 0.3) is 5.91 Å². The van der Waals surface area contributed by atoms with E-state index >= 15 is 0 Å². The molecule has 0 spiro atoms. The van der Waals surface area contributed by atoms with E-state index in [9.17, 15) is 9.59 Å². The zero-order valence-electron chi connectivity index (χ0n) is 9.40. The number of hydrogen-bond donors (Lipinski definition) is 1. The molecular weight excluding hydrogens is 288 g/mol. The summed E-state index contributed by atoms with van der Waals surface area (Å²) < 4.78 is 5.58. The first-order valence-corrected chi connectivity index (χ1v) is 5.72. The minimum atomic E-state index is -0.343. The van der Waals surface area contributed by atoms with Crippen molar-refractivity contribution in [2.75, 3.05) is 20.1 Å². The van der Waals surface area contributed by atoms with Crippen molar-refractivity contribution in [1.29, 1.82) is 0 Å². The molecule has 1 heterocycles. The Labute approximate surface area is 108 Å². The zero-order valence-corrected chi connectivity index (χ0v) is 11.0. The molecule has 0 saturated heterocycles. The molecule has 0 unspecified atom stereocenters. The van der Waals surface area contributed by atoms with Gasteiger partial charge < -0.3 is 14.6 Å². The van der Waals surface area contributed by atoms with Crippen molar-refractivity contribution in [2.24, 2.45) is 0 Å². The van der Waals surface area contributed by atoms with Crippen molar-refractivity contribution < 1.29 is 14.0 Å². The predicted octanol–water partition coefficient (Wildman–Crippen LogP) is 1.42. The first-order valence-electron chi connectivity index (χ1n) is 4.93. The van der Waals surface area contributed by atoms with Gasteiger partial charge in [-0.05, 0) is 28.1 Å². The van der Waals surface area contributed by atoms with E-state index in [1.165, 1.54) is 11.9 Å². The van der Waals surface area contributed by atoms with Crippen LogP contribution >= 0.6 is 15.9 Å². The molecule has 0 fully saturated rings. The summed E-state index contributed by atoms with van der Waals surface area (Å²) in [6.07, 6.45) is 1.57. The molecule has 0 saturated carbocycles. The van der Waals surface area contributed by atoms with E-state index in [-0.39, 0.29) is 24.1 Å². The summed E-state index contributed by atoms with van der Waals surface area (Å²) in [4.78, 5) is 24.4. The molecular formula is C11H13BrN2O3. The Morgan fingerprint density at radius 3 is 2.82 bits per heavy atom. The van der Waals surface area contributed by atoms with E-state index in [1.807, 2.05) is 0 Å². The number of amides is 2. The third-order valence-corrected chi connectivity index (χ3v) is 2.38. The van der Waals surface area contributed by atoms with Crippen LogP contribution in [-0.2, 0) is 4.79 Å². The number of rotatable bonds is 5. The van der Waals surface area contributed by atoms with Gasteiger partial charge in [0.2, 0.25) is 5.91 Å². The molecule has 0 atom stereocenters. The smallest absolute Gasteiger partial charge is 0.289 e. The van der Waals surface area contributed by atoms with E-state index in [2.05, 4.69) is 27.8 Å². The van der Waals surface area contributed by atoms with Gasteiger partial charge in [-0.25, -0.2) is 0 Å². The summed E-state index contributed by atoms with van der Waals surface area (Å²) in [5.74, 6) is -0.397. The second-order valence-corrected chi connectivity index (χ2v) is 4.14. The van der Waals surface area contributed by atoms with Crippen molar-refractivity contribution in [3.8, 4) is 0 Å². The molecule has 1 N–H and O–H groups in total. The molecule has 1 aromatic heterocycles. The van der Waals surface area contributed by atoms with Gasteiger partial charge in [-0.1, -0.05) is 6.08 Å². The van der Waals surface area contributed by atoms with E-state index < -0.39 is 0 Å². The fourth-order valence-electron chi connectivity index (χ4n) is 1.15. The molecule has 1 rings (SSSR count). The summed E-state index contributed by atoms with van der Waals surface area (Å²) in [6, 6.07) is 3.17. The summed E-state index contributed by atoms with van der Waals surface area (Å²) in [7, 11) is 1.53. The van der Waals surface area contributed by atoms with Crippen LogP contribution in [-0.4, -0.2) is 36.9 Å². The van der Waals surface area contributed by atoms with E-state index in [0.29, 0.717) is 11.2 Å². The fraction of sp³-hybridized carbons (Fsp3) is 0.273. The van der Waals surface area contributed by atoms with E-state index in [0.717, 1.165) is 0 Å². The fourth-order valence-corrected chi connectivity index (χ4v) is 1.45. The second-order valence-electron chi connectivity index (χ2n) is 3.36. The Morgan fingerprint density at radius 1 is 1.59 bits per heavy atom. The summed E-state index contributed by atoms with van der Waals surface area (Å²) in [5.41, 5.74) is 0. The van der Waals surface area contributed by atoms with Gasteiger partial charge in [0, 0.05) is 13.6 Å². The van der Waals surface area contributed by atoms with Gasteiger partial charge in [-0.2, -0.15) is 0 Å².